The largest absolute Gasteiger partial charge is 0.0654 e. The molecule has 72 heavy (non-hydrogen) atoms. The van der Waals surface area contributed by atoms with Crippen LogP contribution in [0.3, 0.4) is 0 Å². The molecule has 1 rings (SSSR count). The topological polar surface area (TPSA) is 0 Å². The Balaban J connectivity index is 1.58. The Kier molecular flexibility index (Phi) is 63.5. The lowest BCUT2D eigenvalue weighted by molar-refractivity contribution is 0.328. The van der Waals surface area contributed by atoms with Crippen LogP contribution in [-0.4, -0.2) is 0 Å². The third-order valence-electron chi connectivity index (χ3n) is 18.2. The van der Waals surface area contributed by atoms with Crippen molar-refractivity contribution in [3.63, 3.8) is 0 Å². The zero-order valence-corrected chi connectivity index (χ0v) is 51.1. The van der Waals surface area contributed by atoms with Crippen LogP contribution in [0.5, 0.6) is 0 Å². The maximum atomic E-state index is 2.32. The highest BCUT2D eigenvalue weighted by molar-refractivity contribution is 4.66. The third kappa shape index (κ3) is 60.9. The predicted molar refractivity (Wildman–Crippen MR) is 332 cm³/mol. The van der Waals surface area contributed by atoms with Crippen molar-refractivity contribution in [3.8, 4) is 0 Å². The molecule has 0 atom stereocenters. The molecule has 0 N–H and O–H groups in total. The average Bonchev–Trinajstić information content (AvgIpc) is 3.40. The summed E-state index contributed by atoms with van der Waals surface area (Å²) in [6.45, 7) is 2.32. The summed E-state index contributed by atoms with van der Waals surface area (Å²) >= 11 is 0. The van der Waals surface area contributed by atoms with Gasteiger partial charge in [0.05, 0.1) is 0 Å². The summed E-state index contributed by atoms with van der Waals surface area (Å²) in [5.74, 6) is 1.10. The molecule has 0 heterocycles. The van der Waals surface area contributed by atoms with Gasteiger partial charge in [0.25, 0.3) is 0 Å². The van der Waals surface area contributed by atoms with Crippen LogP contribution in [0.4, 0.5) is 0 Å². The molecule has 0 unspecified atom stereocenters. The fourth-order valence-corrected chi connectivity index (χ4v) is 12.9. The maximum absolute atomic E-state index is 2.32. The quantitative estimate of drug-likeness (QED) is 0.0533. The maximum Gasteiger partial charge on any atom is -0.0414 e. The zero-order valence-electron chi connectivity index (χ0n) is 51.1. The average molecular weight is 1010 g/mol. The minimum Gasteiger partial charge on any atom is -0.0654 e. The SMILES string of the molecule is CCCCCCCCCCCCCCCCCCCCCCCCCCCCCCCCCCCCCCCCCCCCCCCCCCCCCCCCCCCCCCCCCCC1CCCCC1. The zero-order chi connectivity index (χ0) is 51.1. The van der Waals surface area contributed by atoms with Gasteiger partial charge in [0.1, 0.15) is 0 Å². The van der Waals surface area contributed by atoms with Gasteiger partial charge in [-0.3, -0.25) is 0 Å². The lowest BCUT2D eigenvalue weighted by Crippen LogP contribution is -2.05. The second-order valence-corrected chi connectivity index (χ2v) is 25.6. The van der Waals surface area contributed by atoms with E-state index in [0.717, 1.165) is 5.92 Å². The van der Waals surface area contributed by atoms with Gasteiger partial charge in [-0.25, -0.2) is 0 Å². The van der Waals surface area contributed by atoms with E-state index in [1.807, 2.05) is 0 Å². The Hall–Kier alpha value is 0. The first-order chi connectivity index (χ1) is 35.9. The van der Waals surface area contributed by atoms with Gasteiger partial charge in [0, 0.05) is 0 Å². The van der Waals surface area contributed by atoms with Gasteiger partial charge in [-0.1, -0.05) is 456 Å². The molecule has 1 aliphatic rings. The normalized spacial score (nSPS) is 13.3. The molecule has 0 saturated heterocycles. The Morgan fingerprint density at radius 1 is 0.153 bits per heavy atom. The Labute approximate surface area is 460 Å². The van der Waals surface area contributed by atoms with Crippen molar-refractivity contribution in [1.82, 2.24) is 0 Å². The van der Waals surface area contributed by atoms with E-state index in [2.05, 4.69) is 6.92 Å². The van der Waals surface area contributed by atoms with Crippen LogP contribution >= 0.6 is 0 Å². The Morgan fingerprint density at radius 3 is 0.417 bits per heavy atom. The molecule has 0 aromatic carbocycles. The molecule has 1 aliphatic carbocycles. The van der Waals surface area contributed by atoms with Crippen LogP contribution in [0.2, 0.25) is 0 Å². The van der Waals surface area contributed by atoms with E-state index in [1.165, 1.54) is 430 Å². The fourth-order valence-electron chi connectivity index (χ4n) is 12.9. The van der Waals surface area contributed by atoms with Crippen LogP contribution < -0.4 is 0 Å². The predicted octanol–water partition coefficient (Wildman–Crippen LogP) is 27.9. The fraction of sp³-hybridized carbons (Fsp3) is 1.00. The number of unbranched alkanes of at least 4 members (excludes halogenated alkanes) is 63. The summed E-state index contributed by atoms with van der Waals surface area (Å²) in [5.41, 5.74) is 0. The van der Waals surface area contributed by atoms with Crippen molar-refractivity contribution >= 4 is 0 Å². The smallest absolute Gasteiger partial charge is 0.0414 e. The van der Waals surface area contributed by atoms with Crippen LogP contribution in [0.1, 0.15) is 456 Å². The molecule has 0 amide bonds. The first kappa shape index (κ1) is 70.0. The summed E-state index contributed by atoms with van der Waals surface area (Å²) in [7, 11) is 0. The highest BCUT2D eigenvalue weighted by atomic mass is 14.2. The van der Waals surface area contributed by atoms with E-state index in [0.29, 0.717) is 0 Å². The number of hydrogen-bond acceptors (Lipinski definition) is 0. The highest BCUT2D eigenvalue weighted by Crippen LogP contribution is 2.28. The van der Waals surface area contributed by atoms with Crippen molar-refractivity contribution in [2.45, 2.75) is 456 Å². The summed E-state index contributed by atoms with van der Waals surface area (Å²) in [6, 6.07) is 0. The van der Waals surface area contributed by atoms with Crippen molar-refractivity contribution in [3.05, 3.63) is 0 Å². The van der Waals surface area contributed by atoms with Gasteiger partial charge >= 0.3 is 0 Å². The van der Waals surface area contributed by atoms with E-state index >= 15 is 0 Å². The van der Waals surface area contributed by atoms with Crippen LogP contribution in [0.15, 0.2) is 0 Å². The van der Waals surface area contributed by atoms with E-state index in [4.69, 9.17) is 0 Å². The van der Waals surface area contributed by atoms with Crippen LogP contribution in [0.25, 0.3) is 0 Å². The lowest BCUT2D eigenvalue weighted by atomic mass is 9.85. The standard InChI is InChI=1S/C72H144/c1-2-3-4-5-6-7-8-9-10-11-12-13-14-15-16-17-18-19-20-21-22-23-24-25-26-27-28-29-30-31-32-33-34-35-36-37-38-39-40-41-42-43-44-45-46-47-48-49-50-51-52-53-54-55-56-57-58-59-60-61-62-63-64-66-69-72-70-67-65-68-71-72/h72H,2-71H2,1H3. The third-order valence-corrected chi connectivity index (χ3v) is 18.2. The molecule has 0 bridgehead atoms. The summed E-state index contributed by atoms with van der Waals surface area (Å²) in [5, 5.41) is 0. The summed E-state index contributed by atoms with van der Waals surface area (Å²) in [4.78, 5) is 0. The monoisotopic (exact) mass is 1010 g/mol. The first-order valence-electron chi connectivity index (χ1n) is 35.9. The van der Waals surface area contributed by atoms with Gasteiger partial charge in [0.2, 0.25) is 0 Å². The van der Waals surface area contributed by atoms with Gasteiger partial charge in [0.15, 0.2) is 0 Å². The molecular formula is C72H144. The molecule has 0 heteroatoms. The Bertz CT molecular complexity index is 898. The minimum absolute atomic E-state index is 1.10. The molecule has 0 radical (unpaired) electrons. The molecule has 432 valence electrons. The van der Waals surface area contributed by atoms with E-state index < -0.39 is 0 Å². The summed E-state index contributed by atoms with van der Waals surface area (Å²) < 4.78 is 0. The lowest BCUT2D eigenvalue weighted by Gasteiger charge is -2.21. The van der Waals surface area contributed by atoms with E-state index in [9.17, 15) is 0 Å². The van der Waals surface area contributed by atoms with E-state index in [1.54, 1.807) is 19.3 Å². The van der Waals surface area contributed by atoms with Crippen molar-refractivity contribution in [1.29, 1.82) is 0 Å². The van der Waals surface area contributed by atoms with Gasteiger partial charge < -0.3 is 0 Å². The molecular weight excluding hydrogens is 865 g/mol. The molecule has 0 spiro atoms. The van der Waals surface area contributed by atoms with Gasteiger partial charge in [-0.05, 0) is 5.92 Å². The number of hydrogen-bond donors (Lipinski definition) is 0. The van der Waals surface area contributed by atoms with Gasteiger partial charge in [-0.2, -0.15) is 0 Å². The van der Waals surface area contributed by atoms with Crippen LogP contribution in [-0.2, 0) is 0 Å². The van der Waals surface area contributed by atoms with Gasteiger partial charge in [-0.15, -0.1) is 0 Å². The second-order valence-electron chi connectivity index (χ2n) is 25.6. The molecule has 1 saturated carbocycles. The van der Waals surface area contributed by atoms with Crippen LogP contribution in [0, 0.1) is 5.92 Å². The van der Waals surface area contributed by atoms with E-state index in [-0.39, 0.29) is 0 Å². The number of rotatable bonds is 65. The molecule has 0 aromatic rings. The molecule has 0 aromatic heterocycles. The minimum atomic E-state index is 1.10. The first-order valence-corrected chi connectivity index (χ1v) is 35.9. The van der Waals surface area contributed by atoms with Crippen molar-refractivity contribution in [2.75, 3.05) is 0 Å². The molecule has 0 aliphatic heterocycles. The highest BCUT2D eigenvalue weighted by Gasteiger charge is 2.12. The van der Waals surface area contributed by atoms with Crippen molar-refractivity contribution in [2.24, 2.45) is 5.92 Å². The molecule has 1 fully saturated rings. The second kappa shape index (κ2) is 65.3. The molecule has 0 nitrogen and oxygen atoms in total. The summed E-state index contributed by atoms with van der Waals surface area (Å²) in [6.07, 6.45) is 105. The van der Waals surface area contributed by atoms with Crippen molar-refractivity contribution < 1.29 is 0 Å². The Morgan fingerprint density at radius 2 is 0.278 bits per heavy atom.